The van der Waals surface area contributed by atoms with Gasteiger partial charge in [-0.05, 0) is 36.6 Å². The van der Waals surface area contributed by atoms with Crippen molar-refractivity contribution in [3.05, 3.63) is 45.1 Å². The van der Waals surface area contributed by atoms with Crippen LogP contribution in [0.4, 0.5) is 11.6 Å². The fraction of sp³-hybridized carbons (Fsp3) is 0.500. The number of imidazole rings is 1. The van der Waals surface area contributed by atoms with Crippen LogP contribution in [0.15, 0.2) is 33.9 Å². The summed E-state index contributed by atoms with van der Waals surface area (Å²) >= 11 is 0. The predicted octanol–water partition coefficient (Wildman–Crippen LogP) is 1.80. The second kappa shape index (κ2) is 8.49. The van der Waals surface area contributed by atoms with E-state index in [1.807, 2.05) is 16.7 Å². The Hall–Kier alpha value is -3.23. The van der Waals surface area contributed by atoms with Crippen molar-refractivity contribution in [3.63, 3.8) is 0 Å². The zero-order valence-corrected chi connectivity index (χ0v) is 18.6. The summed E-state index contributed by atoms with van der Waals surface area (Å²) in [6.07, 6.45) is 0.923. The summed E-state index contributed by atoms with van der Waals surface area (Å²) in [6, 6.07) is 8.09. The monoisotopic (exact) mass is 426 g/mol. The van der Waals surface area contributed by atoms with Gasteiger partial charge in [0.25, 0.3) is 5.56 Å². The smallest absolute Gasteiger partial charge is 0.329 e. The number of methoxy groups -OCH3 is 1. The van der Waals surface area contributed by atoms with Gasteiger partial charge < -0.3 is 19.1 Å². The molecule has 0 aliphatic carbocycles. The standard InChI is InChI=1S/C22H30N6O3/c1-15(2)9-10-28-18-19(25(3)22(30)24-20(18)29)23-21(28)27-13-11-26(12-14-27)16-5-7-17(31-4)8-6-16/h5-8,15H,9-14H2,1-4H3,(H,24,29,30). The van der Waals surface area contributed by atoms with Crippen LogP contribution < -0.4 is 25.8 Å². The van der Waals surface area contributed by atoms with E-state index in [0.717, 1.165) is 50.0 Å². The first-order valence-electron chi connectivity index (χ1n) is 10.7. The quantitative estimate of drug-likeness (QED) is 0.647. The molecule has 1 aliphatic heterocycles. The first kappa shape index (κ1) is 21.0. The van der Waals surface area contributed by atoms with Crippen LogP contribution in [0.5, 0.6) is 5.75 Å². The van der Waals surface area contributed by atoms with Gasteiger partial charge in [-0.3, -0.25) is 14.3 Å². The van der Waals surface area contributed by atoms with Gasteiger partial charge in [0, 0.05) is 45.5 Å². The minimum atomic E-state index is -0.443. The van der Waals surface area contributed by atoms with Gasteiger partial charge in [-0.15, -0.1) is 0 Å². The Labute approximate surface area is 180 Å². The number of nitrogens with one attached hydrogen (secondary N) is 1. The number of benzene rings is 1. The van der Waals surface area contributed by atoms with Crippen molar-refractivity contribution in [2.24, 2.45) is 13.0 Å². The minimum absolute atomic E-state index is 0.377. The molecule has 0 bridgehead atoms. The van der Waals surface area contributed by atoms with Crippen molar-refractivity contribution in [1.82, 2.24) is 19.1 Å². The lowest BCUT2D eigenvalue weighted by Crippen LogP contribution is -2.47. The lowest BCUT2D eigenvalue weighted by molar-refractivity contribution is 0.415. The highest BCUT2D eigenvalue weighted by Crippen LogP contribution is 2.25. The Morgan fingerprint density at radius 3 is 2.32 bits per heavy atom. The number of hydrogen-bond acceptors (Lipinski definition) is 6. The number of H-pyrrole nitrogens is 1. The molecule has 166 valence electrons. The number of aryl methyl sites for hydroxylation is 2. The molecule has 9 nitrogen and oxygen atoms in total. The normalized spacial score (nSPS) is 14.6. The lowest BCUT2D eigenvalue weighted by atomic mass is 10.1. The lowest BCUT2D eigenvalue weighted by Gasteiger charge is -2.36. The molecular weight excluding hydrogens is 396 g/mol. The van der Waals surface area contributed by atoms with Crippen molar-refractivity contribution < 1.29 is 4.74 Å². The van der Waals surface area contributed by atoms with E-state index in [2.05, 4.69) is 40.8 Å². The van der Waals surface area contributed by atoms with Crippen LogP contribution in [0, 0.1) is 5.92 Å². The van der Waals surface area contributed by atoms with E-state index < -0.39 is 5.69 Å². The van der Waals surface area contributed by atoms with Gasteiger partial charge in [0.05, 0.1) is 7.11 Å². The van der Waals surface area contributed by atoms with Crippen molar-refractivity contribution in [3.8, 4) is 5.75 Å². The van der Waals surface area contributed by atoms with Gasteiger partial charge in [0.2, 0.25) is 5.95 Å². The molecule has 4 rings (SSSR count). The number of nitrogens with zero attached hydrogens (tertiary/aromatic N) is 5. The molecule has 0 amide bonds. The third-order valence-electron chi connectivity index (χ3n) is 5.92. The number of aromatic amines is 1. The fourth-order valence-electron chi connectivity index (χ4n) is 4.02. The first-order chi connectivity index (χ1) is 14.9. The Balaban J connectivity index is 1.63. The van der Waals surface area contributed by atoms with Gasteiger partial charge in [-0.1, -0.05) is 13.8 Å². The summed E-state index contributed by atoms with van der Waals surface area (Å²) in [5, 5.41) is 0. The molecule has 0 unspecified atom stereocenters. The summed E-state index contributed by atoms with van der Waals surface area (Å²) in [7, 11) is 3.31. The molecule has 1 N–H and O–H groups in total. The predicted molar refractivity (Wildman–Crippen MR) is 122 cm³/mol. The van der Waals surface area contributed by atoms with Crippen LogP contribution in [-0.4, -0.2) is 52.4 Å². The van der Waals surface area contributed by atoms with Crippen LogP contribution in [0.25, 0.3) is 11.2 Å². The number of hydrogen-bond donors (Lipinski definition) is 1. The summed E-state index contributed by atoms with van der Waals surface area (Å²) in [5.41, 5.74) is 1.24. The largest absolute Gasteiger partial charge is 0.497 e. The number of piperazine rings is 1. The van der Waals surface area contributed by atoms with E-state index in [9.17, 15) is 9.59 Å². The number of anilines is 2. The molecule has 0 atom stereocenters. The third kappa shape index (κ3) is 4.04. The van der Waals surface area contributed by atoms with Gasteiger partial charge in [0.1, 0.15) is 5.75 Å². The van der Waals surface area contributed by atoms with E-state index in [4.69, 9.17) is 9.72 Å². The molecule has 1 aromatic carbocycles. The molecule has 1 saturated heterocycles. The van der Waals surface area contributed by atoms with Crippen molar-refractivity contribution in [2.45, 2.75) is 26.8 Å². The molecule has 3 aromatic rings. The average molecular weight is 427 g/mol. The maximum absolute atomic E-state index is 12.6. The number of fused-ring (bicyclic) bond motifs is 1. The van der Waals surface area contributed by atoms with Crippen LogP contribution in [-0.2, 0) is 13.6 Å². The molecule has 9 heteroatoms. The maximum atomic E-state index is 12.6. The van der Waals surface area contributed by atoms with Gasteiger partial charge in [-0.25, -0.2) is 4.79 Å². The number of rotatable bonds is 6. The molecule has 3 heterocycles. The van der Waals surface area contributed by atoms with E-state index in [1.165, 1.54) is 4.57 Å². The van der Waals surface area contributed by atoms with Crippen molar-refractivity contribution in [1.29, 1.82) is 0 Å². The van der Waals surface area contributed by atoms with Crippen molar-refractivity contribution >= 4 is 22.8 Å². The van der Waals surface area contributed by atoms with Crippen LogP contribution in [0.3, 0.4) is 0 Å². The molecule has 0 saturated carbocycles. The molecular formula is C22H30N6O3. The fourth-order valence-corrected chi connectivity index (χ4v) is 4.02. The molecule has 0 radical (unpaired) electrons. The topological polar surface area (TPSA) is 88.4 Å². The van der Waals surface area contributed by atoms with Crippen LogP contribution >= 0.6 is 0 Å². The molecule has 31 heavy (non-hydrogen) atoms. The molecule has 1 aliphatic rings. The molecule has 2 aromatic heterocycles. The highest BCUT2D eigenvalue weighted by molar-refractivity contribution is 5.74. The third-order valence-corrected chi connectivity index (χ3v) is 5.92. The maximum Gasteiger partial charge on any atom is 0.329 e. The van der Waals surface area contributed by atoms with Gasteiger partial charge in [-0.2, -0.15) is 4.98 Å². The van der Waals surface area contributed by atoms with Crippen LogP contribution in [0.2, 0.25) is 0 Å². The van der Waals surface area contributed by atoms with E-state index in [-0.39, 0.29) is 5.56 Å². The van der Waals surface area contributed by atoms with Gasteiger partial charge >= 0.3 is 5.69 Å². The van der Waals surface area contributed by atoms with E-state index in [0.29, 0.717) is 23.6 Å². The second-order valence-electron chi connectivity index (χ2n) is 8.41. The summed E-state index contributed by atoms with van der Waals surface area (Å²) < 4.78 is 8.65. The minimum Gasteiger partial charge on any atom is -0.497 e. The highest BCUT2D eigenvalue weighted by Gasteiger charge is 2.25. The second-order valence-corrected chi connectivity index (χ2v) is 8.41. The Kier molecular flexibility index (Phi) is 5.75. The zero-order chi connectivity index (χ0) is 22.1. The Morgan fingerprint density at radius 2 is 1.71 bits per heavy atom. The molecule has 0 spiro atoms. The SMILES string of the molecule is COc1ccc(N2CCN(c3nc4c(c(=O)[nH]c(=O)n4C)n3CCC(C)C)CC2)cc1. The first-order valence-corrected chi connectivity index (χ1v) is 10.7. The zero-order valence-electron chi connectivity index (χ0n) is 18.6. The summed E-state index contributed by atoms with van der Waals surface area (Å²) in [6.45, 7) is 8.25. The summed E-state index contributed by atoms with van der Waals surface area (Å²) in [4.78, 5) is 36.4. The van der Waals surface area contributed by atoms with Gasteiger partial charge in [0.15, 0.2) is 11.2 Å². The van der Waals surface area contributed by atoms with Crippen molar-refractivity contribution in [2.75, 3.05) is 43.1 Å². The van der Waals surface area contributed by atoms with E-state index in [1.54, 1.807) is 14.2 Å². The Bertz CT molecular complexity index is 1170. The number of ether oxygens (including phenoxy) is 1. The highest BCUT2D eigenvalue weighted by atomic mass is 16.5. The van der Waals surface area contributed by atoms with E-state index >= 15 is 0 Å². The van der Waals surface area contributed by atoms with Crippen LogP contribution in [0.1, 0.15) is 20.3 Å². The number of aromatic nitrogens is 4. The average Bonchev–Trinajstić information content (AvgIpc) is 3.16. The molecule has 1 fully saturated rings. The Morgan fingerprint density at radius 1 is 1.06 bits per heavy atom. The summed E-state index contributed by atoms with van der Waals surface area (Å²) in [5.74, 6) is 2.10.